The van der Waals surface area contributed by atoms with Gasteiger partial charge in [-0.05, 0) is 38.2 Å². The zero-order chi connectivity index (χ0) is 15.7. The van der Waals surface area contributed by atoms with Crippen LogP contribution in [0.1, 0.15) is 46.3 Å². The fraction of sp³-hybridized carbons (Fsp3) is 0.353. The number of rotatable bonds is 2. The van der Waals surface area contributed by atoms with E-state index in [0.717, 1.165) is 29.8 Å². The molecule has 0 fully saturated rings. The first-order valence-electron chi connectivity index (χ1n) is 7.45. The molecule has 5 heteroatoms. The van der Waals surface area contributed by atoms with E-state index in [1.807, 2.05) is 6.92 Å². The van der Waals surface area contributed by atoms with Gasteiger partial charge in [0.25, 0.3) is 0 Å². The third kappa shape index (κ3) is 2.66. The van der Waals surface area contributed by atoms with E-state index >= 15 is 0 Å². The molecule has 0 bridgehead atoms. The Balaban J connectivity index is 2.03. The minimum atomic E-state index is 0.0145. The summed E-state index contributed by atoms with van der Waals surface area (Å²) in [5.74, 6) is 0.658. The summed E-state index contributed by atoms with van der Waals surface area (Å²) in [6.07, 6.45) is 3.29. The van der Waals surface area contributed by atoms with Gasteiger partial charge in [0.15, 0.2) is 0 Å². The maximum Gasteiger partial charge on any atom is 0.220 e. The van der Waals surface area contributed by atoms with Crippen LogP contribution in [0.4, 0.5) is 5.95 Å². The van der Waals surface area contributed by atoms with Crippen molar-refractivity contribution in [2.75, 3.05) is 5.73 Å². The highest BCUT2D eigenvalue weighted by Crippen LogP contribution is 2.39. The van der Waals surface area contributed by atoms with E-state index in [0.29, 0.717) is 11.9 Å². The lowest BCUT2D eigenvalue weighted by molar-refractivity contribution is 0.318. The molecule has 3 rings (SSSR count). The van der Waals surface area contributed by atoms with Crippen molar-refractivity contribution >= 4 is 12.2 Å². The summed E-state index contributed by atoms with van der Waals surface area (Å²) < 4.78 is 0. The van der Waals surface area contributed by atoms with Gasteiger partial charge in [-0.3, -0.25) is 0 Å². The Bertz CT molecular complexity index is 709. The number of benzene rings is 1. The molecule has 2 aromatic rings. The van der Waals surface area contributed by atoms with Crippen LogP contribution in [0.25, 0.3) is 0 Å². The van der Waals surface area contributed by atoms with Crippen molar-refractivity contribution in [3.63, 3.8) is 0 Å². The minimum Gasteiger partial charge on any atom is -0.411 e. The van der Waals surface area contributed by atoms with E-state index in [-0.39, 0.29) is 5.92 Å². The van der Waals surface area contributed by atoms with Gasteiger partial charge in [0.2, 0.25) is 5.95 Å². The summed E-state index contributed by atoms with van der Waals surface area (Å²) in [4.78, 5) is 8.68. The van der Waals surface area contributed by atoms with Crippen molar-refractivity contribution in [3.05, 3.63) is 52.3 Å². The number of hydrogen-bond donors (Lipinski definition) is 2. The van der Waals surface area contributed by atoms with Crippen molar-refractivity contribution in [3.8, 4) is 0 Å². The Morgan fingerprint density at radius 2 is 1.95 bits per heavy atom. The van der Waals surface area contributed by atoms with E-state index < -0.39 is 0 Å². The first-order valence-corrected chi connectivity index (χ1v) is 7.45. The van der Waals surface area contributed by atoms with Crippen LogP contribution in [-0.2, 0) is 6.42 Å². The van der Waals surface area contributed by atoms with E-state index in [2.05, 4.69) is 46.3 Å². The third-order valence-corrected chi connectivity index (χ3v) is 4.38. The monoisotopic (exact) mass is 296 g/mol. The highest BCUT2D eigenvalue weighted by molar-refractivity contribution is 5.69. The topological polar surface area (TPSA) is 84.4 Å². The van der Waals surface area contributed by atoms with Gasteiger partial charge in [0.05, 0.1) is 11.9 Å². The van der Waals surface area contributed by atoms with Gasteiger partial charge in [0.1, 0.15) is 0 Å². The average Bonchev–Trinajstić information content (AvgIpc) is 2.47. The molecule has 5 nitrogen and oxygen atoms in total. The van der Waals surface area contributed by atoms with Crippen LogP contribution >= 0.6 is 0 Å². The molecule has 0 spiro atoms. The predicted molar refractivity (Wildman–Crippen MR) is 86.4 cm³/mol. The van der Waals surface area contributed by atoms with Crippen LogP contribution in [0.3, 0.4) is 0 Å². The van der Waals surface area contributed by atoms with Crippen LogP contribution in [0.15, 0.2) is 29.4 Å². The van der Waals surface area contributed by atoms with Gasteiger partial charge < -0.3 is 10.9 Å². The summed E-state index contributed by atoms with van der Waals surface area (Å²) >= 11 is 0. The fourth-order valence-electron chi connectivity index (χ4n) is 3.35. The molecule has 0 saturated heterocycles. The van der Waals surface area contributed by atoms with Crippen LogP contribution < -0.4 is 5.73 Å². The lowest BCUT2D eigenvalue weighted by Crippen LogP contribution is -2.22. The zero-order valence-electron chi connectivity index (χ0n) is 12.8. The van der Waals surface area contributed by atoms with E-state index in [1.54, 1.807) is 6.21 Å². The molecule has 1 aromatic heterocycles. The molecule has 1 aliphatic carbocycles. The maximum absolute atomic E-state index is 8.99. The normalized spacial score (nSPS) is 21.0. The lowest BCUT2D eigenvalue weighted by atomic mass is 9.76. The van der Waals surface area contributed by atoms with Crippen molar-refractivity contribution in [1.82, 2.24) is 9.97 Å². The fourth-order valence-corrected chi connectivity index (χ4v) is 3.35. The molecule has 0 saturated carbocycles. The standard InChI is InChI=1S/C17H20N4O/c1-10-3-5-12(6-4-10)13-7-14(9-19-22)16-11(2)20-17(18)21-15(16)8-13/h3-6,9,13-14,22H,7-8H2,1-2H3,(H2,18,20,21). The number of nitrogens with zero attached hydrogens (tertiary/aromatic N) is 3. The molecule has 2 unspecified atom stereocenters. The smallest absolute Gasteiger partial charge is 0.220 e. The van der Waals surface area contributed by atoms with Crippen molar-refractivity contribution in [2.24, 2.45) is 5.16 Å². The van der Waals surface area contributed by atoms with Gasteiger partial charge in [-0.25, -0.2) is 9.97 Å². The average molecular weight is 296 g/mol. The molecule has 22 heavy (non-hydrogen) atoms. The maximum atomic E-state index is 8.99. The quantitative estimate of drug-likeness (QED) is 0.507. The van der Waals surface area contributed by atoms with Gasteiger partial charge in [-0.1, -0.05) is 29.8 Å². The van der Waals surface area contributed by atoms with Crippen LogP contribution in [-0.4, -0.2) is 21.4 Å². The Kier molecular flexibility index (Phi) is 3.79. The molecule has 1 aliphatic rings. The minimum absolute atomic E-state index is 0.0145. The van der Waals surface area contributed by atoms with E-state index in [1.165, 1.54) is 11.1 Å². The summed E-state index contributed by atoms with van der Waals surface area (Å²) in [5.41, 5.74) is 11.2. The first kappa shape index (κ1) is 14.5. The van der Waals surface area contributed by atoms with Crippen LogP contribution in [0.5, 0.6) is 0 Å². The van der Waals surface area contributed by atoms with Crippen LogP contribution in [0, 0.1) is 13.8 Å². The summed E-state index contributed by atoms with van der Waals surface area (Å²) in [5, 5.41) is 12.2. The summed E-state index contributed by atoms with van der Waals surface area (Å²) in [6.45, 7) is 4.01. The SMILES string of the molecule is Cc1ccc(C2Cc3nc(N)nc(C)c3C(C=NO)C2)cc1. The molecular formula is C17H20N4O. The number of aromatic nitrogens is 2. The summed E-state index contributed by atoms with van der Waals surface area (Å²) in [6, 6.07) is 8.57. The van der Waals surface area contributed by atoms with Gasteiger partial charge in [-0.2, -0.15) is 0 Å². The highest BCUT2D eigenvalue weighted by atomic mass is 16.4. The second kappa shape index (κ2) is 5.75. The molecule has 0 amide bonds. The first-order chi connectivity index (χ1) is 10.6. The molecular weight excluding hydrogens is 276 g/mol. The number of oxime groups is 1. The molecule has 114 valence electrons. The van der Waals surface area contributed by atoms with Crippen molar-refractivity contribution < 1.29 is 5.21 Å². The van der Waals surface area contributed by atoms with E-state index in [4.69, 9.17) is 10.9 Å². The number of anilines is 1. The van der Waals surface area contributed by atoms with Crippen LogP contribution in [0.2, 0.25) is 0 Å². The molecule has 1 aromatic carbocycles. The second-order valence-electron chi connectivity index (χ2n) is 5.95. The number of aryl methyl sites for hydroxylation is 2. The van der Waals surface area contributed by atoms with Crippen molar-refractivity contribution in [1.29, 1.82) is 0 Å². The molecule has 0 aliphatic heterocycles. The van der Waals surface area contributed by atoms with Gasteiger partial charge in [0, 0.05) is 17.2 Å². The molecule has 3 N–H and O–H groups in total. The van der Waals surface area contributed by atoms with Gasteiger partial charge in [-0.15, -0.1) is 5.16 Å². The predicted octanol–water partition coefficient (Wildman–Crippen LogP) is 2.95. The van der Waals surface area contributed by atoms with Gasteiger partial charge >= 0.3 is 0 Å². The molecule has 1 heterocycles. The Morgan fingerprint density at radius 1 is 1.23 bits per heavy atom. The Hall–Kier alpha value is -2.43. The van der Waals surface area contributed by atoms with E-state index in [9.17, 15) is 0 Å². The number of fused-ring (bicyclic) bond motifs is 1. The third-order valence-electron chi connectivity index (χ3n) is 4.38. The summed E-state index contributed by atoms with van der Waals surface area (Å²) in [7, 11) is 0. The molecule has 2 atom stereocenters. The lowest BCUT2D eigenvalue weighted by Gasteiger charge is -2.30. The van der Waals surface area contributed by atoms with Crippen molar-refractivity contribution in [2.45, 2.75) is 38.5 Å². The Morgan fingerprint density at radius 3 is 2.64 bits per heavy atom. The number of nitrogen functional groups attached to an aromatic ring is 1. The highest BCUT2D eigenvalue weighted by Gasteiger charge is 2.30. The number of hydrogen-bond acceptors (Lipinski definition) is 5. The number of nitrogens with two attached hydrogens (primary N) is 1. The Labute approximate surface area is 129 Å². The molecule has 0 radical (unpaired) electrons. The second-order valence-corrected chi connectivity index (χ2v) is 5.95. The largest absolute Gasteiger partial charge is 0.411 e. The zero-order valence-corrected chi connectivity index (χ0v) is 12.8.